The average Bonchev–Trinajstić information content (AvgIpc) is 2.83. The van der Waals surface area contributed by atoms with Gasteiger partial charge >= 0.3 is 5.97 Å². The van der Waals surface area contributed by atoms with E-state index < -0.39 is 0 Å². The number of methoxy groups -OCH3 is 1. The van der Waals surface area contributed by atoms with Crippen LogP contribution in [0.5, 0.6) is 0 Å². The minimum atomic E-state index is -0.120. The highest BCUT2D eigenvalue weighted by Gasteiger charge is 2.18. The monoisotopic (exact) mass is 346 g/mol. The maximum absolute atomic E-state index is 11.1. The van der Waals surface area contributed by atoms with Crippen molar-refractivity contribution in [2.75, 3.05) is 39.8 Å². The lowest BCUT2D eigenvalue weighted by Gasteiger charge is -2.34. The molecule has 0 saturated carbocycles. The Hall–Kier alpha value is -0.430. The fraction of sp³-hybridized carbons (Fsp3) is 0.615. The van der Waals surface area contributed by atoms with Crippen LogP contribution in [0.1, 0.15) is 11.3 Å². The van der Waals surface area contributed by atoms with Gasteiger partial charge < -0.3 is 9.64 Å². The van der Waals surface area contributed by atoms with Crippen LogP contribution in [-0.2, 0) is 16.1 Å². The number of carbonyl (C=O) groups is 1. The van der Waals surface area contributed by atoms with Crippen LogP contribution in [0.25, 0.3) is 0 Å². The minimum Gasteiger partial charge on any atom is -0.469 e. The van der Waals surface area contributed by atoms with E-state index in [1.165, 1.54) is 15.8 Å². The molecule has 0 unspecified atom stereocenters. The molecule has 0 radical (unpaired) electrons. The molecule has 1 fully saturated rings. The normalized spacial score (nSPS) is 17.6. The number of ether oxygens (including phenoxy) is 1. The molecule has 0 spiro atoms. The Morgan fingerprint density at radius 2 is 2.00 bits per heavy atom. The SMILES string of the molecule is COC(=O)CCN1CCN(Cc2ccc(Br)s2)CC1. The topological polar surface area (TPSA) is 32.8 Å². The van der Waals surface area contributed by atoms with Gasteiger partial charge in [0.2, 0.25) is 0 Å². The Bertz CT molecular complexity index is 417. The van der Waals surface area contributed by atoms with Crippen molar-refractivity contribution in [3.63, 3.8) is 0 Å². The second-order valence-corrected chi connectivity index (χ2v) is 7.20. The Labute approximate surface area is 126 Å². The van der Waals surface area contributed by atoms with Crippen LogP contribution in [0, 0.1) is 0 Å². The van der Waals surface area contributed by atoms with Gasteiger partial charge in [0, 0.05) is 44.1 Å². The number of hydrogen-bond acceptors (Lipinski definition) is 5. The second-order valence-electron chi connectivity index (χ2n) is 4.65. The maximum atomic E-state index is 11.1. The molecule has 1 aliphatic heterocycles. The number of thiophene rings is 1. The van der Waals surface area contributed by atoms with Crippen LogP contribution in [0.2, 0.25) is 0 Å². The molecule has 0 N–H and O–H groups in total. The first-order chi connectivity index (χ1) is 9.17. The molecule has 0 amide bonds. The summed E-state index contributed by atoms with van der Waals surface area (Å²) in [5.41, 5.74) is 0. The summed E-state index contributed by atoms with van der Waals surface area (Å²) in [6.07, 6.45) is 0.494. The lowest BCUT2D eigenvalue weighted by Crippen LogP contribution is -2.46. The van der Waals surface area contributed by atoms with E-state index in [9.17, 15) is 4.79 Å². The molecule has 106 valence electrons. The van der Waals surface area contributed by atoms with Crippen LogP contribution in [0.4, 0.5) is 0 Å². The van der Waals surface area contributed by atoms with Gasteiger partial charge in [0.05, 0.1) is 17.3 Å². The van der Waals surface area contributed by atoms with E-state index in [4.69, 9.17) is 0 Å². The number of nitrogens with zero attached hydrogens (tertiary/aromatic N) is 2. The summed E-state index contributed by atoms with van der Waals surface area (Å²) in [5, 5.41) is 0. The lowest BCUT2D eigenvalue weighted by atomic mass is 10.3. The van der Waals surface area contributed by atoms with Crippen molar-refractivity contribution in [1.82, 2.24) is 9.80 Å². The summed E-state index contributed by atoms with van der Waals surface area (Å²) in [6.45, 7) is 6.03. The minimum absolute atomic E-state index is 0.120. The van der Waals surface area contributed by atoms with Crippen molar-refractivity contribution >= 4 is 33.2 Å². The quantitative estimate of drug-likeness (QED) is 0.765. The molecule has 6 heteroatoms. The zero-order chi connectivity index (χ0) is 13.7. The van der Waals surface area contributed by atoms with Crippen molar-refractivity contribution in [2.24, 2.45) is 0 Å². The Kier molecular flexibility index (Phi) is 5.81. The Balaban J connectivity index is 1.69. The molecule has 0 aromatic carbocycles. The molecule has 19 heavy (non-hydrogen) atoms. The smallest absolute Gasteiger partial charge is 0.306 e. The highest BCUT2D eigenvalue weighted by molar-refractivity contribution is 9.11. The van der Waals surface area contributed by atoms with Crippen molar-refractivity contribution < 1.29 is 9.53 Å². The van der Waals surface area contributed by atoms with Gasteiger partial charge in [0.15, 0.2) is 0 Å². The van der Waals surface area contributed by atoms with E-state index in [-0.39, 0.29) is 5.97 Å². The number of hydrogen-bond donors (Lipinski definition) is 0. The second kappa shape index (κ2) is 7.38. The number of carbonyl (C=O) groups excluding carboxylic acids is 1. The first-order valence-corrected chi connectivity index (χ1v) is 8.04. The third-order valence-corrected chi connectivity index (χ3v) is 4.94. The summed E-state index contributed by atoms with van der Waals surface area (Å²) in [4.78, 5) is 17.3. The van der Waals surface area contributed by atoms with Crippen molar-refractivity contribution in [3.05, 3.63) is 20.8 Å². The van der Waals surface area contributed by atoms with Gasteiger partial charge in [-0.2, -0.15) is 0 Å². The van der Waals surface area contributed by atoms with E-state index >= 15 is 0 Å². The first kappa shape index (κ1) is 15.0. The zero-order valence-corrected chi connectivity index (χ0v) is 13.5. The molecule has 4 nitrogen and oxygen atoms in total. The number of rotatable bonds is 5. The fourth-order valence-corrected chi connectivity index (χ4v) is 3.71. The summed E-state index contributed by atoms with van der Waals surface area (Å²) >= 11 is 5.29. The highest BCUT2D eigenvalue weighted by Crippen LogP contribution is 2.23. The number of esters is 1. The van der Waals surface area contributed by atoms with E-state index in [1.54, 1.807) is 11.3 Å². The van der Waals surface area contributed by atoms with Crippen LogP contribution in [-0.4, -0.2) is 55.6 Å². The predicted molar refractivity (Wildman–Crippen MR) is 80.4 cm³/mol. The van der Waals surface area contributed by atoms with Gasteiger partial charge in [-0.05, 0) is 28.1 Å². The van der Waals surface area contributed by atoms with Gasteiger partial charge in [-0.15, -0.1) is 11.3 Å². The molecular formula is C13H19BrN2O2S. The molecule has 1 aliphatic rings. The molecule has 2 rings (SSSR count). The largest absolute Gasteiger partial charge is 0.469 e. The Morgan fingerprint density at radius 1 is 1.32 bits per heavy atom. The van der Waals surface area contributed by atoms with Crippen molar-refractivity contribution in [3.8, 4) is 0 Å². The van der Waals surface area contributed by atoms with Crippen LogP contribution >= 0.6 is 27.3 Å². The summed E-state index contributed by atoms with van der Waals surface area (Å²) in [5.74, 6) is -0.120. The van der Waals surface area contributed by atoms with E-state index in [1.807, 2.05) is 0 Å². The van der Waals surface area contributed by atoms with Gasteiger partial charge in [0.25, 0.3) is 0 Å². The third-order valence-electron chi connectivity index (χ3n) is 3.33. The number of piperazine rings is 1. The lowest BCUT2D eigenvalue weighted by molar-refractivity contribution is -0.141. The summed E-state index contributed by atoms with van der Waals surface area (Å²) < 4.78 is 5.86. The van der Waals surface area contributed by atoms with Gasteiger partial charge in [-0.25, -0.2) is 0 Å². The highest BCUT2D eigenvalue weighted by atomic mass is 79.9. The zero-order valence-electron chi connectivity index (χ0n) is 11.1. The maximum Gasteiger partial charge on any atom is 0.306 e. The number of halogens is 1. The summed E-state index contributed by atoms with van der Waals surface area (Å²) in [7, 11) is 1.44. The molecule has 0 aliphatic carbocycles. The van der Waals surface area contributed by atoms with Crippen LogP contribution in [0.3, 0.4) is 0 Å². The summed E-state index contributed by atoms with van der Waals surface area (Å²) in [6, 6.07) is 4.28. The van der Waals surface area contributed by atoms with E-state index in [0.29, 0.717) is 6.42 Å². The van der Waals surface area contributed by atoms with Gasteiger partial charge in [0.1, 0.15) is 0 Å². The molecule has 1 aromatic heterocycles. The fourth-order valence-electron chi connectivity index (χ4n) is 2.18. The molecule has 2 heterocycles. The predicted octanol–water partition coefficient (Wildman–Crippen LogP) is 2.19. The first-order valence-electron chi connectivity index (χ1n) is 6.43. The third kappa shape index (κ3) is 4.87. The van der Waals surface area contributed by atoms with E-state index in [2.05, 4.69) is 42.6 Å². The van der Waals surface area contributed by atoms with Gasteiger partial charge in [-0.1, -0.05) is 0 Å². The van der Waals surface area contributed by atoms with Crippen LogP contribution in [0.15, 0.2) is 15.9 Å². The average molecular weight is 347 g/mol. The molecule has 0 bridgehead atoms. The molecular weight excluding hydrogens is 328 g/mol. The molecule has 1 saturated heterocycles. The molecule has 0 atom stereocenters. The molecule has 1 aromatic rings. The van der Waals surface area contributed by atoms with E-state index in [0.717, 1.165) is 39.3 Å². The van der Waals surface area contributed by atoms with Crippen LogP contribution < -0.4 is 0 Å². The van der Waals surface area contributed by atoms with Crippen molar-refractivity contribution in [2.45, 2.75) is 13.0 Å². The van der Waals surface area contributed by atoms with Gasteiger partial charge in [-0.3, -0.25) is 9.69 Å². The Morgan fingerprint density at radius 3 is 2.58 bits per heavy atom. The standard InChI is InChI=1S/C13H19BrN2O2S/c1-18-13(17)4-5-15-6-8-16(9-7-15)10-11-2-3-12(14)19-11/h2-3H,4-10H2,1H3. The van der Waals surface area contributed by atoms with Crippen molar-refractivity contribution in [1.29, 1.82) is 0 Å².